The third-order valence-electron chi connectivity index (χ3n) is 3.20. The highest BCUT2D eigenvalue weighted by Gasteiger charge is 2.27. The van der Waals surface area contributed by atoms with Gasteiger partial charge >= 0.3 is 11.9 Å². The van der Waals surface area contributed by atoms with E-state index in [2.05, 4.69) is 0 Å². The van der Waals surface area contributed by atoms with Crippen LogP contribution in [0, 0.1) is 0 Å². The molecule has 0 radical (unpaired) electrons. The number of hydrogen-bond donors (Lipinski definition) is 1. The summed E-state index contributed by atoms with van der Waals surface area (Å²) in [6.07, 6.45) is 0.783. The molecule has 2 aliphatic rings. The van der Waals surface area contributed by atoms with E-state index < -0.39 is 11.9 Å². The van der Waals surface area contributed by atoms with Crippen molar-refractivity contribution in [3.8, 4) is 0 Å². The SMILES string of the molecule is O=C(O)c1cc(CC2CO2)ccc1C(=O)OCC1CO1. The number of esters is 1. The van der Waals surface area contributed by atoms with Gasteiger partial charge in [-0.1, -0.05) is 6.07 Å². The highest BCUT2D eigenvalue weighted by Crippen LogP contribution is 2.20. The van der Waals surface area contributed by atoms with Crippen LogP contribution >= 0.6 is 0 Å². The van der Waals surface area contributed by atoms with Crippen molar-refractivity contribution in [2.45, 2.75) is 18.6 Å². The molecule has 2 heterocycles. The molecule has 6 heteroatoms. The summed E-state index contributed by atoms with van der Waals surface area (Å²) < 4.78 is 15.1. The summed E-state index contributed by atoms with van der Waals surface area (Å²) >= 11 is 0. The van der Waals surface area contributed by atoms with Crippen LogP contribution in [0.2, 0.25) is 0 Å². The van der Waals surface area contributed by atoms with Crippen LogP contribution in [0.4, 0.5) is 0 Å². The number of carbonyl (C=O) groups excluding carboxylic acids is 1. The fourth-order valence-corrected chi connectivity index (χ4v) is 1.93. The molecule has 0 aliphatic carbocycles. The minimum absolute atomic E-state index is 0.0372. The molecule has 1 aromatic carbocycles. The second-order valence-corrected chi connectivity index (χ2v) is 4.90. The summed E-state index contributed by atoms with van der Waals surface area (Å²) in [7, 11) is 0. The predicted molar refractivity (Wildman–Crippen MR) is 66.9 cm³/mol. The summed E-state index contributed by atoms with van der Waals surface area (Å²) in [5.74, 6) is -1.77. The second-order valence-electron chi connectivity index (χ2n) is 4.90. The number of aromatic carboxylic acids is 1. The first-order chi connectivity index (χ1) is 9.63. The molecule has 106 valence electrons. The molecule has 1 aromatic rings. The molecule has 2 unspecified atom stereocenters. The van der Waals surface area contributed by atoms with Crippen molar-refractivity contribution < 1.29 is 28.9 Å². The molecule has 2 fully saturated rings. The Hall–Kier alpha value is -1.92. The van der Waals surface area contributed by atoms with E-state index in [0.29, 0.717) is 19.6 Å². The number of ether oxygens (including phenoxy) is 3. The molecule has 1 N–H and O–H groups in total. The van der Waals surface area contributed by atoms with Gasteiger partial charge in [0.25, 0.3) is 0 Å². The maximum absolute atomic E-state index is 11.9. The van der Waals surface area contributed by atoms with Crippen molar-refractivity contribution in [1.29, 1.82) is 0 Å². The number of carboxylic acid groups (broad SMARTS) is 1. The number of carboxylic acids is 1. The number of epoxide rings is 2. The smallest absolute Gasteiger partial charge is 0.339 e. The number of hydrogen-bond acceptors (Lipinski definition) is 5. The van der Waals surface area contributed by atoms with Crippen molar-refractivity contribution >= 4 is 11.9 Å². The van der Waals surface area contributed by atoms with Gasteiger partial charge in [0.2, 0.25) is 0 Å². The average Bonchev–Trinajstić information content (AvgIpc) is 3.30. The van der Waals surface area contributed by atoms with Crippen molar-refractivity contribution in [1.82, 2.24) is 0 Å². The minimum atomic E-state index is -1.14. The maximum atomic E-state index is 11.9. The van der Waals surface area contributed by atoms with Gasteiger partial charge in [0.1, 0.15) is 12.7 Å². The summed E-state index contributed by atoms with van der Waals surface area (Å²) in [4.78, 5) is 23.1. The van der Waals surface area contributed by atoms with Gasteiger partial charge in [0.15, 0.2) is 0 Å². The third-order valence-corrected chi connectivity index (χ3v) is 3.20. The van der Waals surface area contributed by atoms with Gasteiger partial charge in [-0.05, 0) is 17.7 Å². The van der Waals surface area contributed by atoms with Gasteiger partial charge in [-0.3, -0.25) is 0 Å². The Labute approximate surface area is 115 Å². The Morgan fingerprint density at radius 3 is 2.50 bits per heavy atom. The van der Waals surface area contributed by atoms with Crippen LogP contribution < -0.4 is 0 Å². The summed E-state index contributed by atoms with van der Waals surface area (Å²) in [5, 5.41) is 9.21. The van der Waals surface area contributed by atoms with E-state index in [1.807, 2.05) is 0 Å². The van der Waals surface area contributed by atoms with Gasteiger partial charge in [-0.15, -0.1) is 0 Å². The third kappa shape index (κ3) is 3.15. The molecule has 0 aromatic heterocycles. The highest BCUT2D eigenvalue weighted by atomic mass is 16.6. The second kappa shape index (κ2) is 5.22. The number of rotatable bonds is 6. The Balaban J connectivity index is 1.76. The predicted octanol–water partition coefficient (Wildman–Crippen LogP) is 0.882. The molecule has 0 spiro atoms. The Bertz CT molecular complexity index is 545. The Kier molecular flexibility index (Phi) is 3.42. The molecule has 6 nitrogen and oxygen atoms in total. The fraction of sp³-hybridized carbons (Fsp3) is 0.429. The lowest BCUT2D eigenvalue weighted by molar-refractivity contribution is 0.0467. The average molecular weight is 278 g/mol. The van der Waals surface area contributed by atoms with E-state index in [1.54, 1.807) is 6.07 Å². The van der Waals surface area contributed by atoms with E-state index in [4.69, 9.17) is 14.2 Å². The fourth-order valence-electron chi connectivity index (χ4n) is 1.93. The largest absolute Gasteiger partial charge is 0.478 e. The lowest BCUT2D eigenvalue weighted by Gasteiger charge is -2.08. The maximum Gasteiger partial charge on any atom is 0.339 e. The van der Waals surface area contributed by atoms with Crippen LogP contribution in [0.25, 0.3) is 0 Å². The highest BCUT2D eigenvalue weighted by molar-refractivity contribution is 6.02. The zero-order chi connectivity index (χ0) is 14.1. The zero-order valence-electron chi connectivity index (χ0n) is 10.7. The summed E-state index contributed by atoms with van der Waals surface area (Å²) in [6.45, 7) is 1.45. The molecule has 0 saturated carbocycles. The number of carbonyl (C=O) groups is 2. The van der Waals surface area contributed by atoms with Crippen molar-refractivity contribution in [2.75, 3.05) is 19.8 Å². The zero-order valence-corrected chi connectivity index (χ0v) is 10.7. The molecular weight excluding hydrogens is 264 g/mol. The molecule has 2 aliphatic heterocycles. The van der Waals surface area contributed by atoms with Crippen molar-refractivity contribution in [3.63, 3.8) is 0 Å². The van der Waals surface area contributed by atoms with Crippen molar-refractivity contribution in [2.24, 2.45) is 0 Å². The van der Waals surface area contributed by atoms with Crippen LogP contribution in [0.3, 0.4) is 0 Å². The molecule has 2 saturated heterocycles. The lowest BCUT2D eigenvalue weighted by atomic mass is 10.0. The van der Waals surface area contributed by atoms with Crippen LogP contribution in [0.15, 0.2) is 18.2 Å². The van der Waals surface area contributed by atoms with Crippen molar-refractivity contribution in [3.05, 3.63) is 34.9 Å². The van der Waals surface area contributed by atoms with Gasteiger partial charge < -0.3 is 19.3 Å². The summed E-state index contributed by atoms with van der Waals surface area (Å²) in [6, 6.07) is 4.74. The first-order valence-corrected chi connectivity index (χ1v) is 6.40. The lowest BCUT2D eigenvalue weighted by Crippen LogP contribution is -2.15. The standard InChI is InChI=1S/C14H14O6/c15-13(16)12-4-8(3-9-5-18-9)1-2-11(12)14(17)20-7-10-6-19-10/h1-2,4,9-10H,3,5-7H2,(H,15,16). The minimum Gasteiger partial charge on any atom is -0.478 e. The van der Waals surface area contributed by atoms with Gasteiger partial charge in [0.05, 0.1) is 30.4 Å². The quantitative estimate of drug-likeness (QED) is 0.614. The van der Waals surface area contributed by atoms with Gasteiger partial charge in [0, 0.05) is 6.42 Å². The van der Waals surface area contributed by atoms with Gasteiger partial charge in [-0.2, -0.15) is 0 Å². The first kappa shape index (κ1) is 13.1. The normalized spacial score (nSPS) is 23.2. The van der Waals surface area contributed by atoms with Gasteiger partial charge in [-0.25, -0.2) is 9.59 Å². The van der Waals surface area contributed by atoms with Crippen LogP contribution in [-0.4, -0.2) is 49.1 Å². The molecule has 2 atom stereocenters. The molecular formula is C14H14O6. The van der Waals surface area contributed by atoms with E-state index in [1.165, 1.54) is 12.1 Å². The number of benzene rings is 1. The monoisotopic (exact) mass is 278 g/mol. The van der Waals surface area contributed by atoms with E-state index in [0.717, 1.165) is 5.56 Å². The van der Waals surface area contributed by atoms with Crippen LogP contribution in [0.5, 0.6) is 0 Å². The molecule has 0 bridgehead atoms. The van der Waals surface area contributed by atoms with E-state index in [-0.39, 0.29) is 29.9 Å². The molecule has 0 amide bonds. The van der Waals surface area contributed by atoms with Crippen LogP contribution in [-0.2, 0) is 20.6 Å². The van der Waals surface area contributed by atoms with E-state index in [9.17, 15) is 14.7 Å². The van der Waals surface area contributed by atoms with E-state index >= 15 is 0 Å². The Morgan fingerprint density at radius 2 is 1.90 bits per heavy atom. The molecule has 20 heavy (non-hydrogen) atoms. The first-order valence-electron chi connectivity index (χ1n) is 6.40. The Morgan fingerprint density at radius 1 is 1.20 bits per heavy atom. The van der Waals surface area contributed by atoms with Crippen LogP contribution in [0.1, 0.15) is 26.3 Å². The molecule has 3 rings (SSSR count). The topological polar surface area (TPSA) is 88.7 Å². The summed E-state index contributed by atoms with van der Waals surface area (Å²) in [5.41, 5.74) is 0.871.